The summed E-state index contributed by atoms with van der Waals surface area (Å²) in [7, 11) is 0. The molecule has 2 aliphatic rings. The summed E-state index contributed by atoms with van der Waals surface area (Å²) in [5.41, 5.74) is 1.37. The average Bonchev–Trinajstić information content (AvgIpc) is 3.14. The standard InChI is InChI=1S/C26H23ClN4O4/c1-2-35-20-7-5-19(6-8-20)31-25(33)21-9-3-17(15-22(21)26(31)34)24(32)30-13-11-29(12-14-30)23-10-4-18(27)16-28-23/h3-10,15-16H,2,11-14H2,1H3. The van der Waals surface area contributed by atoms with E-state index < -0.39 is 11.8 Å². The molecule has 0 unspecified atom stereocenters. The number of hydrogen-bond acceptors (Lipinski definition) is 6. The molecular weight excluding hydrogens is 468 g/mol. The number of anilines is 2. The van der Waals surface area contributed by atoms with Gasteiger partial charge in [-0.05, 0) is 61.5 Å². The van der Waals surface area contributed by atoms with Crippen molar-refractivity contribution in [1.29, 1.82) is 0 Å². The van der Waals surface area contributed by atoms with Gasteiger partial charge in [0.2, 0.25) is 0 Å². The highest BCUT2D eigenvalue weighted by Crippen LogP contribution is 2.30. The van der Waals surface area contributed by atoms with Crippen LogP contribution in [0.1, 0.15) is 38.0 Å². The van der Waals surface area contributed by atoms with Crippen molar-refractivity contribution in [3.05, 3.63) is 82.5 Å². The number of aromatic nitrogens is 1. The summed E-state index contributed by atoms with van der Waals surface area (Å²) in [6.07, 6.45) is 1.61. The largest absolute Gasteiger partial charge is 0.494 e. The minimum absolute atomic E-state index is 0.170. The molecule has 0 N–H and O–H groups in total. The lowest BCUT2D eigenvalue weighted by atomic mass is 10.0. The first-order chi connectivity index (χ1) is 17.0. The third-order valence-electron chi connectivity index (χ3n) is 6.14. The second-order valence-electron chi connectivity index (χ2n) is 8.25. The number of halogens is 1. The summed E-state index contributed by atoms with van der Waals surface area (Å²) < 4.78 is 5.43. The van der Waals surface area contributed by atoms with Crippen molar-refractivity contribution in [3.63, 3.8) is 0 Å². The first-order valence-corrected chi connectivity index (χ1v) is 11.8. The molecule has 0 radical (unpaired) electrons. The molecule has 178 valence electrons. The van der Waals surface area contributed by atoms with Gasteiger partial charge in [-0.15, -0.1) is 0 Å². The smallest absolute Gasteiger partial charge is 0.266 e. The summed E-state index contributed by atoms with van der Waals surface area (Å²) in [5, 5.41) is 0.577. The van der Waals surface area contributed by atoms with Crippen molar-refractivity contribution >= 4 is 40.8 Å². The number of fused-ring (bicyclic) bond motifs is 1. The lowest BCUT2D eigenvalue weighted by Gasteiger charge is -2.35. The van der Waals surface area contributed by atoms with E-state index in [0.29, 0.717) is 60.4 Å². The molecule has 3 amide bonds. The Morgan fingerprint density at radius 2 is 1.66 bits per heavy atom. The van der Waals surface area contributed by atoms with Crippen LogP contribution in [0.5, 0.6) is 5.75 Å². The first-order valence-electron chi connectivity index (χ1n) is 11.4. The van der Waals surface area contributed by atoms with E-state index in [2.05, 4.69) is 9.88 Å². The van der Waals surface area contributed by atoms with Crippen LogP contribution in [0.25, 0.3) is 0 Å². The van der Waals surface area contributed by atoms with Crippen molar-refractivity contribution in [2.24, 2.45) is 0 Å². The van der Waals surface area contributed by atoms with Crippen LogP contribution in [0.2, 0.25) is 5.02 Å². The van der Waals surface area contributed by atoms with Gasteiger partial charge in [-0.3, -0.25) is 14.4 Å². The van der Waals surface area contributed by atoms with Crippen LogP contribution >= 0.6 is 11.6 Å². The number of ether oxygens (including phenoxy) is 1. The molecule has 3 aromatic rings. The summed E-state index contributed by atoms with van der Waals surface area (Å²) in [4.78, 5) is 48.6. The van der Waals surface area contributed by atoms with Crippen molar-refractivity contribution < 1.29 is 19.1 Å². The number of rotatable bonds is 5. The Morgan fingerprint density at radius 3 is 2.31 bits per heavy atom. The number of carbonyl (C=O) groups is 3. The molecule has 1 fully saturated rings. The molecule has 0 saturated carbocycles. The molecule has 0 aliphatic carbocycles. The Balaban J connectivity index is 1.30. The van der Waals surface area contributed by atoms with Gasteiger partial charge in [0.05, 0.1) is 28.4 Å². The van der Waals surface area contributed by atoms with E-state index in [1.807, 2.05) is 13.0 Å². The molecule has 3 heterocycles. The zero-order chi connectivity index (χ0) is 24.5. The Hall–Kier alpha value is -3.91. The highest BCUT2D eigenvalue weighted by Gasteiger charge is 2.37. The molecule has 5 rings (SSSR count). The quantitative estimate of drug-likeness (QED) is 0.504. The highest BCUT2D eigenvalue weighted by atomic mass is 35.5. The van der Waals surface area contributed by atoms with Gasteiger partial charge in [-0.2, -0.15) is 0 Å². The first kappa shape index (κ1) is 22.9. The minimum Gasteiger partial charge on any atom is -0.494 e. The zero-order valence-corrected chi connectivity index (χ0v) is 19.9. The van der Waals surface area contributed by atoms with Gasteiger partial charge in [0, 0.05) is 37.9 Å². The van der Waals surface area contributed by atoms with Crippen molar-refractivity contribution in [2.75, 3.05) is 42.6 Å². The van der Waals surface area contributed by atoms with Gasteiger partial charge < -0.3 is 14.5 Å². The molecule has 0 atom stereocenters. The lowest BCUT2D eigenvalue weighted by molar-refractivity contribution is 0.0746. The number of imide groups is 1. The fraction of sp³-hybridized carbons (Fsp3) is 0.231. The van der Waals surface area contributed by atoms with Crippen molar-refractivity contribution in [1.82, 2.24) is 9.88 Å². The van der Waals surface area contributed by atoms with Crippen LogP contribution in [0, 0.1) is 0 Å². The Kier molecular flexibility index (Phi) is 6.13. The van der Waals surface area contributed by atoms with Crippen LogP contribution in [-0.2, 0) is 0 Å². The number of nitrogens with zero attached hydrogens (tertiary/aromatic N) is 4. The normalized spacial score (nSPS) is 15.4. The van der Waals surface area contributed by atoms with Gasteiger partial charge in [-0.1, -0.05) is 11.6 Å². The van der Waals surface area contributed by atoms with Crippen molar-refractivity contribution in [2.45, 2.75) is 6.92 Å². The van der Waals surface area contributed by atoms with Crippen molar-refractivity contribution in [3.8, 4) is 5.75 Å². The molecular formula is C26H23ClN4O4. The maximum Gasteiger partial charge on any atom is 0.266 e. The third-order valence-corrected chi connectivity index (χ3v) is 6.37. The highest BCUT2D eigenvalue weighted by molar-refractivity contribution is 6.34. The zero-order valence-electron chi connectivity index (χ0n) is 19.1. The Labute approximate surface area is 207 Å². The third kappa shape index (κ3) is 4.33. The molecule has 1 aromatic heterocycles. The summed E-state index contributed by atoms with van der Waals surface area (Å²) in [5.74, 6) is 0.459. The topological polar surface area (TPSA) is 83.1 Å². The van der Waals surface area contributed by atoms with Crippen LogP contribution in [0.3, 0.4) is 0 Å². The predicted octanol–water partition coefficient (Wildman–Crippen LogP) is 3.90. The molecule has 2 aliphatic heterocycles. The molecule has 1 saturated heterocycles. The summed E-state index contributed by atoms with van der Waals surface area (Å²) >= 11 is 5.92. The Bertz CT molecular complexity index is 1290. The van der Waals surface area contributed by atoms with Gasteiger partial charge in [0.15, 0.2) is 0 Å². The van der Waals surface area contributed by atoms with Gasteiger partial charge >= 0.3 is 0 Å². The van der Waals surface area contributed by atoms with Gasteiger partial charge in [-0.25, -0.2) is 9.88 Å². The van der Waals surface area contributed by atoms with E-state index in [9.17, 15) is 14.4 Å². The lowest BCUT2D eigenvalue weighted by Crippen LogP contribution is -2.49. The number of carbonyl (C=O) groups excluding carboxylic acids is 3. The van der Waals surface area contributed by atoms with Gasteiger partial charge in [0.25, 0.3) is 17.7 Å². The molecule has 0 spiro atoms. The Morgan fingerprint density at radius 1 is 0.943 bits per heavy atom. The van der Waals surface area contributed by atoms with Crippen LogP contribution in [0.15, 0.2) is 60.8 Å². The molecule has 2 aromatic carbocycles. The molecule has 35 heavy (non-hydrogen) atoms. The number of pyridine rings is 1. The SMILES string of the molecule is CCOc1ccc(N2C(=O)c3ccc(C(=O)N4CCN(c5ccc(Cl)cn5)CC4)cc3C2=O)cc1. The maximum atomic E-state index is 13.2. The van der Waals surface area contributed by atoms with Crippen LogP contribution in [0.4, 0.5) is 11.5 Å². The monoisotopic (exact) mass is 490 g/mol. The molecule has 8 nitrogen and oxygen atoms in total. The van der Waals surface area contributed by atoms with Gasteiger partial charge in [0.1, 0.15) is 11.6 Å². The van der Waals surface area contributed by atoms with E-state index in [0.717, 1.165) is 10.7 Å². The predicted molar refractivity (Wildman–Crippen MR) is 133 cm³/mol. The number of amides is 3. The summed E-state index contributed by atoms with van der Waals surface area (Å²) in [6, 6.07) is 15.1. The van der Waals surface area contributed by atoms with Crippen LogP contribution < -0.4 is 14.5 Å². The van der Waals surface area contributed by atoms with E-state index in [-0.39, 0.29) is 11.5 Å². The molecule has 9 heteroatoms. The number of piperazine rings is 1. The summed E-state index contributed by atoms with van der Waals surface area (Å²) in [6.45, 7) is 4.71. The minimum atomic E-state index is -0.442. The fourth-order valence-electron chi connectivity index (χ4n) is 4.34. The fourth-order valence-corrected chi connectivity index (χ4v) is 4.45. The van der Waals surface area contributed by atoms with E-state index in [1.165, 1.54) is 6.07 Å². The van der Waals surface area contributed by atoms with Crippen LogP contribution in [-0.4, -0.2) is 60.4 Å². The van der Waals surface area contributed by atoms with E-state index >= 15 is 0 Å². The number of hydrogen-bond donors (Lipinski definition) is 0. The second-order valence-corrected chi connectivity index (χ2v) is 8.68. The second kappa shape index (κ2) is 9.38. The van der Waals surface area contributed by atoms with E-state index in [1.54, 1.807) is 53.6 Å². The maximum absolute atomic E-state index is 13.2. The number of benzene rings is 2. The van der Waals surface area contributed by atoms with E-state index in [4.69, 9.17) is 16.3 Å². The average molecular weight is 491 g/mol. The molecule has 0 bridgehead atoms.